The third-order valence-corrected chi connectivity index (χ3v) is 2.91. The van der Waals surface area contributed by atoms with Gasteiger partial charge < -0.3 is 5.32 Å². The van der Waals surface area contributed by atoms with Crippen molar-refractivity contribution < 1.29 is 0 Å². The molecule has 1 nitrogen and oxygen atoms in total. The van der Waals surface area contributed by atoms with Crippen LogP contribution in [0.3, 0.4) is 0 Å². The van der Waals surface area contributed by atoms with Crippen LogP contribution in [0.25, 0.3) is 6.08 Å². The van der Waals surface area contributed by atoms with Crippen molar-refractivity contribution in [1.29, 1.82) is 0 Å². The SMILES string of the molecule is C/C(=C/c1ccc(C)c(Cl)c1)CNC(C)(C)C. The molecule has 1 aromatic rings. The third-order valence-electron chi connectivity index (χ3n) is 2.51. The van der Waals surface area contributed by atoms with Crippen LogP contribution in [0, 0.1) is 6.92 Å². The summed E-state index contributed by atoms with van der Waals surface area (Å²) in [6.45, 7) is 11.6. The van der Waals surface area contributed by atoms with Gasteiger partial charge in [0.25, 0.3) is 0 Å². The van der Waals surface area contributed by atoms with Gasteiger partial charge in [0.1, 0.15) is 0 Å². The van der Waals surface area contributed by atoms with Crippen LogP contribution < -0.4 is 5.32 Å². The van der Waals surface area contributed by atoms with Gasteiger partial charge >= 0.3 is 0 Å². The van der Waals surface area contributed by atoms with E-state index in [4.69, 9.17) is 11.6 Å². The molecule has 0 saturated heterocycles. The molecule has 1 aromatic carbocycles. The normalized spacial score (nSPS) is 12.9. The number of hydrogen-bond donors (Lipinski definition) is 1. The van der Waals surface area contributed by atoms with Crippen molar-refractivity contribution in [2.24, 2.45) is 0 Å². The molecule has 0 unspecified atom stereocenters. The Morgan fingerprint density at radius 1 is 1.35 bits per heavy atom. The molecular formula is C15H22ClN. The van der Waals surface area contributed by atoms with E-state index < -0.39 is 0 Å². The van der Waals surface area contributed by atoms with Crippen LogP contribution in [0.5, 0.6) is 0 Å². The number of rotatable bonds is 3. The minimum absolute atomic E-state index is 0.153. The number of halogens is 1. The van der Waals surface area contributed by atoms with Gasteiger partial charge in [0.15, 0.2) is 0 Å². The van der Waals surface area contributed by atoms with Gasteiger partial charge in [0.05, 0.1) is 0 Å². The molecule has 0 atom stereocenters. The molecule has 0 aromatic heterocycles. The van der Waals surface area contributed by atoms with Gasteiger partial charge in [-0.3, -0.25) is 0 Å². The zero-order chi connectivity index (χ0) is 13.1. The maximum Gasteiger partial charge on any atom is 0.0441 e. The summed E-state index contributed by atoms with van der Waals surface area (Å²) in [6.07, 6.45) is 2.17. The zero-order valence-corrected chi connectivity index (χ0v) is 12.2. The van der Waals surface area contributed by atoms with Crippen molar-refractivity contribution in [3.8, 4) is 0 Å². The molecule has 0 aliphatic rings. The highest BCUT2D eigenvalue weighted by molar-refractivity contribution is 6.31. The van der Waals surface area contributed by atoms with Gasteiger partial charge in [-0.25, -0.2) is 0 Å². The molecular weight excluding hydrogens is 230 g/mol. The highest BCUT2D eigenvalue weighted by Gasteiger charge is 2.07. The van der Waals surface area contributed by atoms with Crippen molar-refractivity contribution in [3.05, 3.63) is 39.9 Å². The van der Waals surface area contributed by atoms with E-state index in [2.05, 4.69) is 51.2 Å². The molecule has 0 fully saturated rings. The van der Waals surface area contributed by atoms with Crippen LogP contribution in [0.1, 0.15) is 38.8 Å². The summed E-state index contributed by atoms with van der Waals surface area (Å²) in [6, 6.07) is 6.16. The second-order valence-electron chi connectivity index (χ2n) is 5.60. The van der Waals surface area contributed by atoms with Crippen molar-refractivity contribution in [3.63, 3.8) is 0 Å². The Hall–Kier alpha value is -0.790. The van der Waals surface area contributed by atoms with Gasteiger partial charge in [-0.15, -0.1) is 0 Å². The van der Waals surface area contributed by atoms with E-state index in [1.807, 2.05) is 13.0 Å². The Morgan fingerprint density at radius 2 is 2.00 bits per heavy atom. The Labute approximate surface area is 110 Å². The van der Waals surface area contributed by atoms with Crippen molar-refractivity contribution >= 4 is 17.7 Å². The molecule has 0 saturated carbocycles. The van der Waals surface area contributed by atoms with Crippen LogP contribution in [-0.2, 0) is 0 Å². The average molecular weight is 252 g/mol. The fourth-order valence-electron chi connectivity index (χ4n) is 1.44. The lowest BCUT2D eigenvalue weighted by Crippen LogP contribution is -2.36. The summed E-state index contributed by atoms with van der Waals surface area (Å²) in [5.41, 5.74) is 3.74. The second-order valence-corrected chi connectivity index (χ2v) is 6.01. The molecule has 0 aliphatic carbocycles. The lowest BCUT2D eigenvalue weighted by atomic mass is 10.1. The summed E-state index contributed by atoms with van der Waals surface area (Å²) in [5, 5.41) is 4.30. The smallest absolute Gasteiger partial charge is 0.0441 e. The topological polar surface area (TPSA) is 12.0 Å². The summed E-state index contributed by atoms with van der Waals surface area (Å²) in [4.78, 5) is 0. The predicted molar refractivity (Wildman–Crippen MR) is 77.6 cm³/mol. The Kier molecular flexibility index (Phi) is 4.79. The minimum Gasteiger partial charge on any atom is -0.308 e. The Balaban J connectivity index is 2.71. The number of benzene rings is 1. The summed E-state index contributed by atoms with van der Waals surface area (Å²) in [7, 11) is 0. The molecule has 0 radical (unpaired) electrons. The van der Waals surface area contributed by atoms with Gasteiger partial charge in [-0.05, 0) is 51.8 Å². The maximum atomic E-state index is 6.10. The maximum absolute atomic E-state index is 6.10. The first-order valence-electron chi connectivity index (χ1n) is 5.96. The highest BCUT2D eigenvalue weighted by atomic mass is 35.5. The van der Waals surface area contributed by atoms with Gasteiger partial charge in [0, 0.05) is 17.1 Å². The van der Waals surface area contributed by atoms with E-state index in [9.17, 15) is 0 Å². The fraction of sp³-hybridized carbons (Fsp3) is 0.467. The number of nitrogens with one attached hydrogen (secondary N) is 1. The molecule has 0 aliphatic heterocycles. The summed E-state index contributed by atoms with van der Waals surface area (Å²) in [5.74, 6) is 0. The first-order chi connectivity index (χ1) is 7.78. The monoisotopic (exact) mass is 251 g/mol. The summed E-state index contributed by atoms with van der Waals surface area (Å²) < 4.78 is 0. The second kappa shape index (κ2) is 5.70. The molecule has 17 heavy (non-hydrogen) atoms. The van der Waals surface area contributed by atoms with Crippen LogP contribution in [0.15, 0.2) is 23.8 Å². The van der Waals surface area contributed by atoms with E-state index in [0.29, 0.717) is 0 Å². The quantitative estimate of drug-likeness (QED) is 0.838. The summed E-state index contributed by atoms with van der Waals surface area (Å²) >= 11 is 6.10. The first-order valence-corrected chi connectivity index (χ1v) is 6.34. The molecule has 0 bridgehead atoms. The van der Waals surface area contributed by atoms with Crippen LogP contribution in [0.2, 0.25) is 5.02 Å². The molecule has 0 heterocycles. The molecule has 1 rings (SSSR count). The van der Waals surface area contributed by atoms with E-state index in [1.54, 1.807) is 0 Å². The molecule has 2 heteroatoms. The van der Waals surface area contributed by atoms with Crippen molar-refractivity contribution in [2.75, 3.05) is 6.54 Å². The van der Waals surface area contributed by atoms with Crippen molar-refractivity contribution in [1.82, 2.24) is 5.32 Å². The van der Waals surface area contributed by atoms with Crippen molar-refractivity contribution in [2.45, 2.75) is 40.2 Å². The van der Waals surface area contributed by atoms with E-state index in [1.165, 1.54) is 5.57 Å². The highest BCUT2D eigenvalue weighted by Crippen LogP contribution is 2.18. The minimum atomic E-state index is 0.153. The average Bonchev–Trinajstić information content (AvgIpc) is 2.20. The standard InChI is InChI=1S/C15H22ClN/c1-11(10-17-15(3,4)5)8-13-7-6-12(2)14(16)9-13/h6-9,17H,10H2,1-5H3/b11-8-. The lowest BCUT2D eigenvalue weighted by Gasteiger charge is -2.20. The van der Waals surface area contributed by atoms with Crippen LogP contribution in [-0.4, -0.2) is 12.1 Å². The molecule has 94 valence electrons. The van der Waals surface area contributed by atoms with Gasteiger partial charge in [-0.1, -0.05) is 35.4 Å². The molecule has 0 spiro atoms. The number of hydrogen-bond acceptors (Lipinski definition) is 1. The van der Waals surface area contributed by atoms with Gasteiger partial charge in [0.2, 0.25) is 0 Å². The van der Waals surface area contributed by atoms with E-state index in [0.717, 1.165) is 22.7 Å². The fourth-order valence-corrected chi connectivity index (χ4v) is 1.63. The van der Waals surface area contributed by atoms with E-state index in [-0.39, 0.29) is 5.54 Å². The first kappa shape index (κ1) is 14.3. The predicted octanol–water partition coefficient (Wildman–Crippen LogP) is 4.44. The zero-order valence-electron chi connectivity index (χ0n) is 11.4. The van der Waals surface area contributed by atoms with E-state index >= 15 is 0 Å². The largest absolute Gasteiger partial charge is 0.308 e. The Bertz CT molecular complexity index is 413. The van der Waals surface area contributed by atoms with Crippen LogP contribution in [0.4, 0.5) is 0 Å². The molecule has 1 N–H and O–H groups in total. The van der Waals surface area contributed by atoms with Gasteiger partial charge in [-0.2, -0.15) is 0 Å². The van der Waals surface area contributed by atoms with Crippen LogP contribution >= 0.6 is 11.6 Å². The third kappa shape index (κ3) is 5.38. The lowest BCUT2D eigenvalue weighted by molar-refractivity contribution is 0.445. The number of aryl methyl sites for hydroxylation is 1. The Morgan fingerprint density at radius 3 is 2.53 bits per heavy atom. The molecule has 0 amide bonds.